The molecular formula is C28H14N2O10. The summed E-state index contributed by atoms with van der Waals surface area (Å²) in [4.78, 5) is 78.6. The molecule has 0 unspecified atom stereocenters. The van der Waals surface area contributed by atoms with Gasteiger partial charge in [-0.2, -0.15) is 0 Å². The third kappa shape index (κ3) is 3.19. The maximum Gasteiger partial charge on any atom is 0.339 e. The van der Waals surface area contributed by atoms with Gasteiger partial charge < -0.3 is 20.4 Å². The minimum atomic E-state index is -1.47. The predicted octanol–water partition coefficient (Wildman–Crippen LogP) is 3.25. The number of hydrogen-bond acceptors (Lipinski definition) is 8. The second kappa shape index (κ2) is 8.23. The summed E-state index contributed by atoms with van der Waals surface area (Å²) in [6.07, 6.45) is 0. The summed E-state index contributed by atoms with van der Waals surface area (Å²) in [5.74, 6) is -7.41. The number of aromatic carboxylic acids is 2. The first-order valence-corrected chi connectivity index (χ1v) is 11.5. The van der Waals surface area contributed by atoms with Crippen molar-refractivity contribution in [3.63, 3.8) is 0 Å². The van der Waals surface area contributed by atoms with Crippen molar-refractivity contribution in [1.82, 2.24) is 0 Å². The monoisotopic (exact) mass is 538 g/mol. The van der Waals surface area contributed by atoms with Crippen LogP contribution in [-0.2, 0) is 0 Å². The Hall–Kier alpha value is -6.04. The topological polar surface area (TPSA) is 190 Å². The molecule has 0 bridgehead atoms. The van der Waals surface area contributed by atoms with E-state index in [9.17, 15) is 49.2 Å². The number of carboxylic acids is 2. The highest BCUT2D eigenvalue weighted by atomic mass is 16.4. The fraction of sp³-hybridized carbons (Fsp3) is 0. The summed E-state index contributed by atoms with van der Waals surface area (Å²) < 4.78 is 0. The normalized spacial score (nSPS) is 14.2. The predicted molar refractivity (Wildman–Crippen MR) is 136 cm³/mol. The molecule has 12 nitrogen and oxygen atoms in total. The maximum absolute atomic E-state index is 13.5. The Kier molecular flexibility index (Phi) is 5.00. The van der Waals surface area contributed by atoms with Crippen LogP contribution in [0.5, 0.6) is 11.5 Å². The molecule has 2 aliphatic rings. The fourth-order valence-corrected chi connectivity index (χ4v) is 5.01. The van der Waals surface area contributed by atoms with Crippen LogP contribution in [-0.4, -0.2) is 56.0 Å². The summed E-state index contributed by atoms with van der Waals surface area (Å²) in [6.45, 7) is 0. The van der Waals surface area contributed by atoms with Crippen molar-refractivity contribution in [2.24, 2.45) is 0 Å². The molecule has 0 atom stereocenters. The van der Waals surface area contributed by atoms with Crippen molar-refractivity contribution in [3.8, 4) is 11.5 Å². The van der Waals surface area contributed by atoms with Gasteiger partial charge in [0.05, 0.1) is 11.4 Å². The Labute approximate surface area is 222 Å². The third-order valence-corrected chi connectivity index (χ3v) is 6.83. The van der Waals surface area contributed by atoms with Crippen LogP contribution in [0.4, 0.5) is 11.4 Å². The Morgan fingerprint density at radius 2 is 0.800 bits per heavy atom. The lowest BCUT2D eigenvalue weighted by molar-refractivity contribution is 0.0682. The maximum atomic E-state index is 13.5. The van der Waals surface area contributed by atoms with Crippen LogP contribution in [0, 0.1) is 0 Å². The van der Waals surface area contributed by atoms with Crippen LogP contribution < -0.4 is 9.80 Å². The largest absolute Gasteiger partial charge is 0.507 e. The molecule has 4 aromatic rings. The Bertz CT molecular complexity index is 1720. The molecule has 12 heteroatoms. The summed E-state index contributed by atoms with van der Waals surface area (Å²) in [5.41, 5.74) is -1.34. The zero-order chi connectivity index (χ0) is 28.6. The minimum absolute atomic E-state index is 0.0213. The smallest absolute Gasteiger partial charge is 0.339 e. The molecule has 4 N–H and O–H groups in total. The van der Waals surface area contributed by atoms with Crippen molar-refractivity contribution in [3.05, 3.63) is 94.0 Å². The second-order valence-corrected chi connectivity index (χ2v) is 8.98. The standard InChI is InChI=1S/C28H14N2O10/c31-19-7-1-11(9-17(19)27(37)38)29-23(33)13-3-5-15-22-16(6-4-14(21(13)22)24(29)34)26(36)30(25(15)35)12-2-8-20(32)18(10-12)28(39)40/h1-10,31-32H,(H,37,38)(H,39,40). The lowest BCUT2D eigenvalue weighted by Gasteiger charge is -2.32. The summed E-state index contributed by atoms with van der Waals surface area (Å²) in [5, 5.41) is 38.5. The molecule has 0 saturated carbocycles. The van der Waals surface area contributed by atoms with E-state index >= 15 is 0 Å². The van der Waals surface area contributed by atoms with E-state index in [1.54, 1.807) is 0 Å². The van der Waals surface area contributed by atoms with Crippen molar-refractivity contribution in [2.75, 3.05) is 9.80 Å². The lowest BCUT2D eigenvalue weighted by atomic mass is 9.85. The lowest BCUT2D eigenvalue weighted by Crippen LogP contribution is -2.43. The highest BCUT2D eigenvalue weighted by Crippen LogP contribution is 2.41. The van der Waals surface area contributed by atoms with Crippen LogP contribution in [0.1, 0.15) is 62.1 Å². The molecule has 2 heterocycles. The number of rotatable bonds is 4. The number of anilines is 2. The van der Waals surface area contributed by atoms with Crippen LogP contribution in [0.2, 0.25) is 0 Å². The number of benzene rings is 4. The molecule has 0 radical (unpaired) electrons. The van der Waals surface area contributed by atoms with Gasteiger partial charge >= 0.3 is 11.9 Å². The zero-order valence-corrected chi connectivity index (χ0v) is 19.9. The molecule has 196 valence electrons. The summed E-state index contributed by atoms with van der Waals surface area (Å²) in [6, 6.07) is 11.7. The number of carbonyl (C=O) groups is 6. The highest BCUT2D eigenvalue weighted by Gasteiger charge is 2.41. The highest BCUT2D eigenvalue weighted by molar-refractivity contribution is 6.42. The van der Waals surface area contributed by atoms with Gasteiger partial charge in [-0.05, 0) is 60.7 Å². The van der Waals surface area contributed by atoms with Crippen LogP contribution in [0.3, 0.4) is 0 Å². The summed E-state index contributed by atoms with van der Waals surface area (Å²) in [7, 11) is 0. The van der Waals surface area contributed by atoms with E-state index in [1.165, 1.54) is 36.4 Å². The van der Waals surface area contributed by atoms with E-state index in [4.69, 9.17) is 0 Å². The first-order chi connectivity index (χ1) is 19.0. The summed E-state index contributed by atoms with van der Waals surface area (Å²) >= 11 is 0. The molecule has 4 amide bonds. The molecule has 2 aliphatic heterocycles. The third-order valence-electron chi connectivity index (χ3n) is 6.83. The molecule has 0 aromatic heterocycles. The second-order valence-electron chi connectivity index (χ2n) is 8.98. The molecule has 40 heavy (non-hydrogen) atoms. The van der Waals surface area contributed by atoms with Gasteiger partial charge in [-0.15, -0.1) is 0 Å². The van der Waals surface area contributed by atoms with Crippen molar-refractivity contribution in [1.29, 1.82) is 0 Å². The quantitative estimate of drug-likeness (QED) is 0.281. The number of carbonyl (C=O) groups excluding carboxylic acids is 4. The van der Waals surface area contributed by atoms with E-state index in [0.29, 0.717) is 0 Å². The van der Waals surface area contributed by atoms with Crippen molar-refractivity contribution in [2.45, 2.75) is 0 Å². The number of aromatic hydroxyl groups is 2. The average molecular weight is 538 g/mol. The van der Waals surface area contributed by atoms with Gasteiger partial charge in [0.15, 0.2) is 0 Å². The van der Waals surface area contributed by atoms with Gasteiger partial charge in [0.2, 0.25) is 0 Å². The van der Waals surface area contributed by atoms with Gasteiger partial charge in [-0.3, -0.25) is 19.2 Å². The zero-order valence-electron chi connectivity index (χ0n) is 19.9. The number of amides is 4. The first-order valence-electron chi connectivity index (χ1n) is 11.5. The average Bonchev–Trinajstić information content (AvgIpc) is 2.92. The van der Waals surface area contributed by atoms with Gasteiger partial charge in [-0.1, -0.05) is 0 Å². The number of imide groups is 2. The molecule has 0 aliphatic carbocycles. The Morgan fingerprint density at radius 1 is 0.500 bits per heavy atom. The van der Waals surface area contributed by atoms with Gasteiger partial charge in [0.25, 0.3) is 23.6 Å². The van der Waals surface area contributed by atoms with E-state index in [1.807, 2.05) is 0 Å². The van der Waals surface area contributed by atoms with E-state index in [2.05, 4.69) is 0 Å². The molecule has 0 spiro atoms. The molecule has 4 aromatic carbocycles. The van der Waals surface area contributed by atoms with E-state index < -0.39 is 58.2 Å². The number of carboxylic acid groups (broad SMARTS) is 2. The minimum Gasteiger partial charge on any atom is -0.507 e. The Balaban J connectivity index is 1.51. The van der Waals surface area contributed by atoms with Gasteiger partial charge in [0.1, 0.15) is 22.6 Å². The van der Waals surface area contributed by atoms with Crippen molar-refractivity contribution < 1.29 is 49.2 Å². The van der Waals surface area contributed by atoms with Crippen LogP contribution in [0.25, 0.3) is 10.8 Å². The first kappa shape index (κ1) is 24.3. The molecule has 0 fully saturated rings. The Morgan fingerprint density at radius 3 is 1.07 bits per heavy atom. The van der Waals surface area contributed by atoms with E-state index in [0.717, 1.165) is 34.1 Å². The fourth-order valence-electron chi connectivity index (χ4n) is 5.01. The molecular weight excluding hydrogens is 524 g/mol. The van der Waals surface area contributed by atoms with Crippen LogP contribution in [0.15, 0.2) is 60.7 Å². The van der Waals surface area contributed by atoms with E-state index in [-0.39, 0.29) is 44.4 Å². The van der Waals surface area contributed by atoms with Crippen LogP contribution >= 0.6 is 0 Å². The molecule has 0 saturated heterocycles. The number of nitrogens with zero attached hydrogens (tertiary/aromatic N) is 2. The number of hydrogen-bond donors (Lipinski definition) is 4. The number of phenols is 2. The SMILES string of the molecule is O=C(O)c1cc(N2C(=O)c3ccc4c5c(ccc(c35)C2=O)C(=O)N(c2ccc(O)c(C(=O)O)c2)C4=O)ccc1O. The van der Waals surface area contributed by atoms with Crippen molar-refractivity contribution >= 4 is 57.7 Å². The van der Waals surface area contributed by atoms with Gasteiger partial charge in [0, 0.05) is 33.0 Å². The van der Waals surface area contributed by atoms with Gasteiger partial charge in [-0.25, -0.2) is 19.4 Å². The molecule has 6 rings (SSSR count).